The average molecular weight is 205 g/mol. The topological polar surface area (TPSA) is 80.4 Å². The van der Waals surface area contributed by atoms with E-state index >= 15 is 0 Å². The Bertz CT molecular complexity index is 416. The van der Waals surface area contributed by atoms with Gasteiger partial charge in [0.25, 0.3) is 10.1 Å². The maximum Gasteiger partial charge on any atom is 0.294 e. The van der Waals surface area contributed by atoms with Gasteiger partial charge < -0.3 is 5.73 Å². The third-order valence-electron chi connectivity index (χ3n) is 1.53. The van der Waals surface area contributed by atoms with E-state index < -0.39 is 15.9 Å². The first-order valence-electron chi connectivity index (χ1n) is 3.41. The second-order valence-corrected chi connectivity index (χ2v) is 3.85. The van der Waals surface area contributed by atoms with Gasteiger partial charge in [-0.2, -0.15) is 8.42 Å². The molecule has 1 aromatic rings. The van der Waals surface area contributed by atoms with Crippen molar-refractivity contribution in [2.75, 3.05) is 0 Å². The summed E-state index contributed by atoms with van der Waals surface area (Å²) in [6.45, 7) is -0.116. The van der Waals surface area contributed by atoms with Crippen molar-refractivity contribution in [3.8, 4) is 0 Å². The lowest BCUT2D eigenvalue weighted by atomic mass is 10.2. The number of halogens is 1. The number of nitrogens with two attached hydrogens (primary N) is 1. The van der Waals surface area contributed by atoms with Crippen LogP contribution in [0.15, 0.2) is 23.1 Å². The minimum Gasteiger partial charge on any atom is -0.326 e. The van der Waals surface area contributed by atoms with E-state index in [2.05, 4.69) is 0 Å². The van der Waals surface area contributed by atoms with E-state index in [1.807, 2.05) is 0 Å². The minimum atomic E-state index is -4.27. The maximum atomic E-state index is 12.8. The largest absolute Gasteiger partial charge is 0.326 e. The lowest BCUT2D eigenvalue weighted by Gasteiger charge is -2.01. The molecule has 0 aromatic heterocycles. The molecule has 0 saturated heterocycles. The molecule has 1 aromatic carbocycles. The van der Waals surface area contributed by atoms with Crippen LogP contribution in [0.25, 0.3) is 0 Å². The normalized spacial score (nSPS) is 11.6. The van der Waals surface area contributed by atoms with Gasteiger partial charge in [0.1, 0.15) is 5.82 Å². The zero-order chi connectivity index (χ0) is 10.1. The van der Waals surface area contributed by atoms with Crippen LogP contribution in [0.4, 0.5) is 4.39 Å². The summed E-state index contributed by atoms with van der Waals surface area (Å²) < 4.78 is 42.6. The van der Waals surface area contributed by atoms with Crippen molar-refractivity contribution in [2.24, 2.45) is 5.73 Å². The first kappa shape index (κ1) is 10.1. The van der Waals surface area contributed by atoms with E-state index in [9.17, 15) is 12.8 Å². The van der Waals surface area contributed by atoms with Gasteiger partial charge in [0, 0.05) is 12.1 Å². The fraction of sp³-hybridized carbons (Fsp3) is 0.143. The molecule has 0 radical (unpaired) electrons. The highest BCUT2D eigenvalue weighted by molar-refractivity contribution is 7.85. The second kappa shape index (κ2) is 3.41. The van der Waals surface area contributed by atoms with Gasteiger partial charge in [-0.25, -0.2) is 4.39 Å². The lowest BCUT2D eigenvalue weighted by Crippen LogP contribution is -2.04. The molecule has 4 nitrogen and oxygen atoms in total. The van der Waals surface area contributed by atoms with Crippen LogP contribution in [0.2, 0.25) is 0 Å². The van der Waals surface area contributed by atoms with Crippen LogP contribution in [0, 0.1) is 5.82 Å². The van der Waals surface area contributed by atoms with E-state index in [-0.39, 0.29) is 17.0 Å². The van der Waals surface area contributed by atoms with E-state index in [0.717, 1.165) is 18.2 Å². The van der Waals surface area contributed by atoms with Crippen molar-refractivity contribution in [1.82, 2.24) is 0 Å². The van der Waals surface area contributed by atoms with Crippen LogP contribution in [-0.4, -0.2) is 13.0 Å². The molecule has 0 aliphatic heterocycles. The molecule has 0 aliphatic rings. The summed E-state index contributed by atoms with van der Waals surface area (Å²) >= 11 is 0. The highest BCUT2D eigenvalue weighted by atomic mass is 32.2. The number of hydrogen-bond acceptors (Lipinski definition) is 3. The zero-order valence-corrected chi connectivity index (χ0v) is 7.38. The predicted octanol–water partition coefficient (Wildman–Crippen LogP) is 0.531. The first-order valence-corrected chi connectivity index (χ1v) is 4.85. The van der Waals surface area contributed by atoms with Crippen molar-refractivity contribution in [3.05, 3.63) is 29.6 Å². The summed E-state index contributed by atoms with van der Waals surface area (Å²) in [4.78, 5) is -0.352. The Labute approximate surface area is 74.9 Å². The summed E-state index contributed by atoms with van der Waals surface area (Å²) in [6, 6.07) is 2.93. The summed E-state index contributed by atoms with van der Waals surface area (Å²) in [6.07, 6.45) is 0. The molecule has 0 fully saturated rings. The first-order chi connectivity index (χ1) is 5.95. The molecule has 0 saturated carbocycles. The third kappa shape index (κ3) is 2.24. The molecule has 6 heteroatoms. The fourth-order valence-corrected chi connectivity index (χ4v) is 1.40. The smallest absolute Gasteiger partial charge is 0.294 e. The van der Waals surface area contributed by atoms with Gasteiger partial charge in [-0.15, -0.1) is 0 Å². The fourth-order valence-electron chi connectivity index (χ4n) is 0.868. The molecule has 0 unspecified atom stereocenters. The molecule has 0 aliphatic carbocycles. The molecule has 0 spiro atoms. The van der Waals surface area contributed by atoms with Gasteiger partial charge in [0.2, 0.25) is 0 Å². The molecule has 0 atom stereocenters. The Balaban J connectivity index is 3.30. The summed E-state index contributed by atoms with van der Waals surface area (Å²) in [7, 11) is -4.27. The van der Waals surface area contributed by atoms with Gasteiger partial charge in [-0.05, 0) is 18.2 Å². The molecule has 72 valence electrons. The Morgan fingerprint density at radius 1 is 1.46 bits per heavy atom. The Morgan fingerprint density at radius 2 is 2.08 bits per heavy atom. The van der Waals surface area contributed by atoms with Crippen molar-refractivity contribution < 1.29 is 17.4 Å². The quantitative estimate of drug-likeness (QED) is 0.690. The molecular formula is C7H8FNO3S. The lowest BCUT2D eigenvalue weighted by molar-refractivity contribution is 0.482. The molecule has 0 amide bonds. The van der Waals surface area contributed by atoms with E-state index in [1.165, 1.54) is 0 Å². The highest BCUT2D eigenvalue weighted by Gasteiger charge is 2.11. The SMILES string of the molecule is NCc1cc(S(=O)(=O)O)ccc1F. The molecule has 0 heterocycles. The van der Waals surface area contributed by atoms with Crippen molar-refractivity contribution >= 4 is 10.1 Å². The Kier molecular flexibility index (Phi) is 2.65. The third-order valence-corrected chi connectivity index (χ3v) is 2.38. The van der Waals surface area contributed by atoms with Crippen LogP contribution >= 0.6 is 0 Å². The van der Waals surface area contributed by atoms with Gasteiger partial charge in [-0.3, -0.25) is 4.55 Å². The monoisotopic (exact) mass is 205 g/mol. The molecule has 1 rings (SSSR count). The maximum absolute atomic E-state index is 12.8. The summed E-state index contributed by atoms with van der Waals surface area (Å²) in [5, 5.41) is 0. The second-order valence-electron chi connectivity index (χ2n) is 2.43. The van der Waals surface area contributed by atoms with Crippen molar-refractivity contribution in [2.45, 2.75) is 11.4 Å². The van der Waals surface area contributed by atoms with Crippen LogP contribution in [-0.2, 0) is 16.7 Å². The van der Waals surface area contributed by atoms with Gasteiger partial charge in [0.15, 0.2) is 0 Å². The number of hydrogen-bond donors (Lipinski definition) is 2. The van der Waals surface area contributed by atoms with Crippen molar-refractivity contribution in [1.29, 1.82) is 0 Å². The summed E-state index contributed by atoms with van der Waals surface area (Å²) in [5.41, 5.74) is 5.20. The van der Waals surface area contributed by atoms with E-state index in [1.54, 1.807) is 0 Å². The Hall–Kier alpha value is -0.980. The van der Waals surface area contributed by atoms with Crippen LogP contribution in [0.1, 0.15) is 5.56 Å². The van der Waals surface area contributed by atoms with Gasteiger partial charge in [-0.1, -0.05) is 0 Å². The number of benzene rings is 1. The Morgan fingerprint density at radius 3 is 2.54 bits per heavy atom. The molecular weight excluding hydrogens is 197 g/mol. The van der Waals surface area contributed by atoms with E-state index in [4.69, 9.17) is 10.3 Å². The van der Waals surface area contributed by atoms with E-state index in [0.29, 0.717) is 0 Å². The molecule has 0 bridgehead atoms. The average Bonchev–Trinajstić information content (AvgIpc) is 2.03. The standard InChI is InChI=1S/C7H8FNO3S/c8-7-2-1-6(13(10,11)12)3-5(7)4-9/h1-3H,4,9H2,(H,10,11,12). The summed E-state index contributed by atoms with van der Waals surface area (Å²) in [5.74, 6) is -0.588. The van der Waals surface area contributed by atoms with Crippen LogP contribution in [0.5, 0.6) is 0 Å². The highest BCUT2D eigenvalue weighted by Crippen LogP contribution is 2.13. The van der Waals surface area contributed by atoms with Crippen LogP contribution in [0.3, 0.4) is 0 Å². The zero-order valence-electron chi connectivity index (χ0n) is 6.57. The molecule has 3 N–H and O–H groups in total. The van der Waals surface area contributed by atoms with Gasteiger partial charge in [0.05, 0.1) is 4.90 Å². The molecule has 13 heavy (non-hydrogen) atoms. The van der Waals surface area contributed by atoms with Gasteiger partial charge >= 0.3 is 0 Å². The van der Waals surface area contributed by atoms with Crippen LogP contribution < -0.4 is 5.73 Å². The number of rotatable bonds is 2. The van der Waals surface area contributed by atoms with Crippen molar-refractivity contribution in [3.63, 3.8) is 0 Å². The minimum absolute atomic E-state index is 0.0510. The predicted molar refractivity (Wildman–Crippen MR) is 44.1 cm³/mol.